The Morgan fingerprint density at radius 1 is 0.444 bits per heavy atom. The van der Waals surface area contributed by atoms with Gasteiger partial charge in [-0.25, -0.2) is 0 Å². The summed E-state index contributed by atoms with van der Waals surface area (Å²) in [6, 6.07) is 41.7. The third-order valence-corrected chi connectivity index (χ3v) is 19.8. The minimum absolute atomic E-state index is 0.311. The zero-order valence-corrected chi connectivity index (χ0v) is 31.5. The predicted octanol–water partition coefficient (Wildman–Crippen LogP) is 8.76. The number of benzene rings is 4. The molecule has 0 saturated heterocycles. The molecule has 7 heteroatoms. The molecule has 0 aliphatic carbocycles. The van der Waals surface area contributed by atoms with Crippen molar-refractivity contribution in [3.63, 3.8) is 0 Å². The monoisotopic (exact) mass is 678 g/mol. The summed E-state index contributed by atoms with van der Waals surface area (Å²) in [6.07, 6.45) is 0.690. The summed E-state index contributed by atoms with van der Waals surface area (Å²) in [4.78, 5) is 0. The van der Waals surface area contributed by atoms with E-state index in [0.29, 0.717) is 12.8 Å². The molecule has 0 spiro atoms. The van der Waals surface area contributed by atoms with E-state index in [1.54, 1.807) is 0 Å². The van der Waals surface area contributed by atoms with Gasteiger partial charge in [-0.1, -0.05) is 200 Å². The lowest BCUT2D eigenvalue weighted by Gasteiger charge is -2.51. The van der Waals surface area contributed by atoms with Crippen molar-refractivity contribution >= 4 is 60.6 Å². The minimum Gasteiger partial charge on any atom is -0.368 e. The fourth-order valence-electron chi connectivity index (χ4n) is 6.31. The second-order valence-electron chi connectivity index (χ2n) is 13.7. The van der Waals surface area contributed by atoms with Crippen LogP contribution in [0.1, 0.15) is 68.2 Å². The third-order valence-electron chi connectivity index (χ3n) is 8.59. The molecule has 0 radical (unpaired) electrons. The lowest BCUT2D eigenvalue weighted by atomic mass is 10.2. The Kier molecular flexibility index (Phi) is 11.0. The highest BCUT2D eigenvalue weighted by atomic mass is 35.5. The smallest absolute Gasteiger partial charge is 0.266 e. The summed E-state index contributed by atoms with van der Waals surface area (Å²) in [5.74, 6) is 0. The highest BCUT2D eigenvalue weighted by Crippen LogP contribution is 2.47. The van der Waals surface area contributed by atoms with Crippen LogP contribution < -0.4 is 20.7 Å². The predicted molar refractivity (Wildman–Crippen MR) is 196 cm³/mol. The van der Waals surface area contributed by atoms with E-state index in [9.17, 15) is 0 Å². The molecule has 0 aliphatic rings. The first-order valence-corrected chi connectivity index (χ1v) is 20.4. The van der Waals surface area contributed by atoms with Gasteiger partial charge in [0, 0.05) is 12.8 Å². The van der Waals surface area contributed by atoms with Gasteiger partial charge in [-0.15, -0.1) is 0 Å². The second-order valence-corrected chi connectivity index (χ2v) is 23.3. The SMILES string of the molecule is CCC(Cl)(OC(Cl)(CC)O[Si](c1ccccc1)(c1ccccc1)C(C)(C)C)O[Si](c1ccccc1)(c1ccccc1)C(C)(C)C. The number of alkyl halides is 2. The summed E-state index contributed by atoms with van der Waals surface area (Å²) in [5, 5.41) is 0.627. The molecular formula is C38H48Cl2O3Si2. The highest BCUT2D eigenvalue weighted by Gasteiger charge is 2.59. The van der Waals surface area contributed by atoms with Crippen molar-refractivity contribution in [2.75, 3.05) is 0 Å². The first-order chi connectivity index (χ1) is 21.2. The standard InChI is InChI=1S/C38H48Cl2O3Si2/c1-9-37(39,42-44(35(3,4)5,31-23-15-11-16-24-31)32-25-17-12-18-26-32)41-38(40,10-2)43-45(36(6,7)8,33-27-19-13-20-28-33)34-29-21-14-22-30-34/h11-30H,9-10H2,1-8H3. The molecule has 0 heterocycles. The van der Waals surface area contributed by atoms with Gasteiger partial charge in [0.1, 0.15) is 0 Å². The molecule has 0 aliphatic heterocycles. The van der Waals surface area contributed by atoms with E-state index in [0.717, 1.165) is 20.7 Å². The van der Waals surface area contributed by atoms with Gasteiger partial charge in [0.05, 0.1) is 0 Å². The molecule has 3 nitrogen and oxygen atoms in total. The molecule has 45 heavy (non-hydrogen) atoms. The Labute approximate surface area is 283 Å². The fourth-order valence-corrected chi connectivity index (χ4v) is 16.4. The van der Waals surface area contributed by atoms with Crippen LogP contribution in [0.5, 0.6) is 0 Å². The normalized spacial score (nSPS) is 15.7. The molecule has 0 bridgehead atoms. The maximum Gasteiger partial charge on any atom is 0.266 e. The van der Waals surface area contributed by atoms with Crippen LogP contribution in [0.2, 0.25) is 10.1 Å². The van der Waals surface area contributed by atoms with Crippen LogP contribution in [-0.2, 0) is 13.6 Å². The molecule has 2 atom stereocenters. The number of halogens is 2. The van der Waals surface area contributed by atoms with Crippen LogP contribution in [0.3, 0.4) is 0 Å². The third kappa shape index (κ3) is 7.20. The summed E-state index contributed by atoms with van der Waals surface area (Å²) in [7, 11) is -6.20. The zero-order chi connectivity index (χ0) is 33.0. The molecule has 240 valence electrons. The van der Waals surface area contributed by atoms with Crippen molar-refractivity contribution in [2.45, 2.75) is 88.8 Å². The molecular weight excluding hydrogens is 631 g/mol. The van der Waals surface area contributed by atoms with Crippen molar-refractivity contribution in [2.24, 2.45) is 0 Å². The Bertz CT molecular complexity index is 1300. The minimum atomic E-state index is -3.10. The van der Waals surface area contributed by atoms with Crippen molar-refractivity contribution in [3.05, 3.63) is 121 Å². The van der Waals surface area contributed by atoms with E-state index < -0.39 is 27.1 Å². The summed E-state index contributed by atoms with van der Waals surface area (Å²) >= 11 is 15.1. The Morgan fingerprint density at radius 2 is 0.667 bits per heavy atom. The number of hydrogen-bond donors (Lipinski definition) is 0. The summed E-state index contributed by atoms with van der Waals surface area (Å²) in [6.45, 7) is 17.3. The van der Waals surface area contributed by atoms with Gasteiger partial charge in [0.2, 0.25) is 10.5 Å². The first-order valence-electron chi connectivity index (χ1n) is 15.9. The van der Waals surface area contributed by atoms with Gasteiger partial charge >= 0.3 is 0 Å². The van der Waals surface area contributed by atoms with E-state index in [1.807, 2.05) is 38.1 Å². The van der Waals surface area contributed by atoms with Crippen molar-refractivity contribution in [1.29, 1.82) is 0 Å². The Morgan fingerprint density at radius 3 is 0.844 bits per heavy atom. The van der Waals surface area contributed by atoms with E-state index in [4.69, 9.17) is 36.8 Å². The van der Waals surface area contributed by atoms with E-state index in [-0.39, 0.29) is 10.1 Å². The fraction of sp³-hybridized carbons (Fsp3) is 0.368. The molecule has 4 aromatic rings. The molecule has 0 amide bonds. The molecule has 4 rings (SSSR count). The lowest BCUT2D eigenvalue weighted by molar-refractivity contribution is -0.243. The summed E-state index contributed by atoms with van der Waals surface area (Å²) < 4.78 is 21.6. The second kappa shape index (κ2) is 13.9. The molecule has 0 aromatic heterocycles. The summed E-state index contributed by atoms with van der Waals surface area (Å²) in [5.41, 5.74) is 0. The molecule has 2 unspecified atom stereocenters. The Balaban J connectivity index is 1.88. The molecule has 0 N–H and O–H groups in total. The largest absolute Gasteiger partial charge is 0.368 e. The molecule has 0 fully saturated rings. The number of ether oxygens (including phenoxy) is 1. The maximum absolute atomic E-state index is 7.55. The van der Waals surface area contributed by atoms with E-state index in [2.05, 4.69) is 139 Å². The molecule has 0 saturated carbocycles. The van der Waals surface area contributed by atoms with Gasteiger partial charge < -0.3 is 8.85 Å². The number of rotatable bonds is 12. The van der Waals surface area contributed by atoms with Crippen molar-refractivity contribution in [1.82, 2.24) is 0 Å². The maximum atomic E-state index is 7.55. The van der Waals surface area contributed by atoms with Crippen LogP contribution in [0.25, 0.3) is 0 Å². The first kappa shape index (κ1) is 35.6. The van der Waals surface area contributed by atoms with Gasteiger partial charge in [-0.2, -0.15) is 0 Å². The van der Waals surface area contributed by atoms with Crippen LogP contribution in [0.4, 0.5) is 0 Å². The van der Waals surface area contributed by atoms with Crippen LogP contribution in [-0.4, -0.2) is 27.1 Å². The van der Waals surface area contributed by atoms with Crippen LogP contribution in [0, 0.1) is 0 Å². The van der Waals surface area contributed by atoms with Crippen molar-refractivity contribution < 1.29 is 13.6 Å². The Hall–Kier alpha value is -2.23. The number of hydrogen-bond acceptors (Lipinski definition) is 3. The quantitative estimate of drug-likeness (QED) is 0.0852. The average Bonchev–Trinajstić information content (AvgIpc) is 3.03. The van der Waals surface area contributed by atoms with Gasteiger partial charge in [-0.05, 0) is 30.8 Å². The molecule has 4 aromatic carbocycles. The van der Waals surface area contributed by atoms with Gasteiger partial charge in [0.25, 0.3) is 16.6 Å². The highest BCUT2D eigenvalue weighted by molar-refractivity contribution is 7.00. The van der Waals surface area contributed by atoms with E-state index >= 15 is 0 Å². The lowest BCUT2D eigenvalue weighted by Crippen LogP contribution is -2.71. The van der Waals surface area contributed by atoms with Crippen LogP contribution in [0.15, 0.2) is 121 Å². The van der Waals surface area contributed by atoms with Gasteiger partial charge in [-0.3, -0.25) is 4.74 Å². The van der Waals surface area contributed by atoms with Crippen LogP contribution >= 0.6 is 23.2 Å². The van der Waals surface area contributed by atoms with Gasteiger partial charge in [0.15, 0.2) is 0 Å². The van der Waals surface area contributed by atoms with E-state index in [1.165, 1.54) is 0 Å². The topological polar surface area (TPSA) is 27.7 Å². The average molecular weight is 680 g/mol. The van der Waals surface area contributed by atoms with Crippen molar-refractivity contribution in [3.8, 4) is 0 Å². The zero-order valence-electron chi connectivity index (χ0n) is 27.9.